The molecule has 0 aliphatic heterocycles. The van der Waals surface area contributed by atoms with E-state index in [0.29, 0.717) is 6.04 Å². The van der Waals surface area contributed by atoms with Gasteiger partial charge in [0.15, 0.2) is 0 Å². The van der Waals surface area contributed by atoms with E-state index in [-0.39, 0.29) is 12.4 Å². The summed E-state index contributed by atoms with van der Waals surface area (Å²) in [4.78, 5) is 0. The lowest BCUT2D eigenvalue weighted by Crippen LogP contribution is -2.20. The molecule has 0 radical (unpaired) electrons. The molecule has 1 aliphatic rings. The van der Waals surface area contributed by atoms with Gasteiger partial charge in [-0.15, -0.1) is 12.4 Å². The third kappa shape index (κ3) is 5.53. The molecule has 80 valence electrons. The molecule has 0 aromatic rings. The highest BCUT2D eigenvalue weighted by Crippen LogP contribution is 2.27. The van der Waals surface area contributed by atoms with Crippen molar-refractivity contribution in [2.45, 2.75) is 64.3 Å². The van der Waals surface area contributed by atoms with E-state index >= 15 is 0 Å². The van der Waals surface area contributed by atoms with E-state index in [2.05, 4.69) is 6.92 Å². The second kappa shape index (κ2) is 7.64. The summed E-state index contributed by atoms with van der Waals surface area (Å²) < 4.78 is 0. The first-order valence-electron chi connectivity index (χ1n) is 5.58. The number of rotatable bonds is 4. The molecule has 0 spiro atoms. The van der Waals surface area contributed by atoms with Gasteiger partial charge in [-0.25, -0.2) is 0 Å². The Morgan fingerprint density at radius 3 is 2.38 bits per heavy atom. The van der Waals surface area contributed by atoms with Crippen molar-refractivity contribution in [3.63, 3.8) is 0 Å². The molecule has 0 heterocycles. The quantitative estimate of drug-likeness (QED) is 0.747. The molecule has 1 unspecified atom stereocenters. The second-order valence-corrected chi connectivity index (χ2v) is 4.25. The van der Waals surface area contributed by atoms with Crippen LogP contribution in [0.2, 0.25) is 0 Å². The van der Waals surface area contributed by atoms with Gasteiger partial charge in [0.2, 0.25) is 0 Å². The summed E-state index contributed by atoms with van der Waals surface area (Å²) in [5.41, 5.74) is 5.89. The van der Waals surface area contributed by atoms with Gasteiger partial charge in [0.1, 0.15) is 0 Å². The molecular formula is C11H24ClN. The van der Waals surface area contributed by atoms with E-state index < -0.39 is 0 Å². The van der Waals surface area contributed by atoms with Gasteiger partial charge >= 0.3 is 0 Å². The molecule has 1 saturated carbocycles. The minimum atomic E-state index is 0. The van der Waals surface area contributed by atoms with Gasteiger partial charge < -0.3 is 5.73 Å². The highest BCUT2D eigenvalue weighted by molar-refractivity contribution is 5.85. The number of hydrogen-bond donors (Lipinski definition) is 1. The maximum Gasteiger partial charge on any atom is 0.00363 e. The molecule has 0 aromatic carbocycles. The Morgan fingerprint density at radius 1 is 1.23 bits per heavy atom. The summed E-state index contributed by atoms with van der Waals surface area (Å²) in [6, 6.07) is 0.465. The van der Waals surface area contributed by atoms with E-state index in [1.54, 1.807) is 0 Å². The summed E-state index contributed by atoms with van der Waals surface area (Å²) in [5, 5.41) is 0. The molecule has 1 rings (SSSR count). The van der Waals surface area contributed by atoms with Gasteiger partial charge in [0.25, 0.3) is 0 Å². The Balaban J connectivity index is 0.00000144. The fourth-order valence-electron chi connectivity index (χ4n) is 2.13. The molecule has 1 fully saturated rings. The molecule has 1 atom stereocenters. The van der Waals surface area contributed by atoms with Crippen molar-refractivity contribution in [3.8, 4) is 0 Å². The van der Waals surface area contributed by atoms with Gasteiger partial charge in [-0.3, -0.25) is 0 Å². The van der Waals surface area contributed by atoms with Crippen LogP contribution in [0.15, 0.2) is 0 Å². The van der Waals surface area contributed by atoms with Crippen LogP contribution in [0.5, 0.6) is 0 Å². The zero-order valence-electron chi connectivity index (χ0n) is 8.80. The van der Waals surface area contributed by atoms with E-state index in [1.807, 2.05) is 0 Å². The normalized spacial score (nSPS) is 20.8. The summed E-state index contributed by atoms with van der Waals surface area (Å²) in [6.07, 6.45) is 11.1. The van der Waals surface area contributed by atoms with Crippen molar-refractivity contribution in [2.75, 3.05) is 0 Å². The maximum atomic E-state index is 5.89. The van der Waals surface area contributed by atoms with Gasteiger partial charge in [0.05, 0.1) is 0 Å². The Labute approximate surface area is 88.9 Å². The monoisotopic (exact) mass is 205 g/mol. The highest BCUT2D eigenvalue weighted by atomic mass is 35.5. The van der Waals surface area contributed by atoms with Crippen molar-refractivity contribution in [3.05, 3.63) is 0 Å². The predicted molar refractivity (Wildman–Crippen MR) is 61.3 cm³/mol. The fourth-order valence-corrected chi connectivity index (χ4v) is 2.13. The highest BCUT2D eigenvalue weighted by Gasteiger charge is 2.13. The van der Waals surface area contributed by atoms with Crippen molar-refractivity contribution in [2.24, 2.45) is 11.7 Å². The van der Waals surface area contributed by atoms with E-state index in [9.17, 15) is 0 Å². The van der Waals surface area contributed by atoms with E-state index in [4.69, 9.17) is 5.73 Å². The lowest BCUT2D eigenvalue weighted by molar-refractivity contribution is 0.322. The van der Waals surface area contributed by atoms with Crippen LogP contribution in [-0.4, -0.2) is 6.04 Å². The van der Waals surface area contributed by atoms with Crippen LogP contribution >= 0.6 is 12.4 Å². The number of hydrogen-bond acceptors (Lipinski definition) is 1. The summed E-state index contributed by atoms with van der Waals surface area (Å²) in [5.74, 6) is 1.01. The van der Waals surface area contributed by atoms with Crippen molar-refractivity contribution in [1.82, 2.24) is 0 Å². The van der Waals surface area contributed by atoms with Gasteiger partial charge in [-0.05, 0) is 25.2 Å². The molecule has 0 bridgehead atoms. The molecule has 1 nitrogen and oxygen atoms in total. The van der Waals surface area contributed by atoms with Gasteiger partial charge in [-0.2, -0.15) is 0 Å². The summed E-state index contributed by atoms with van der Waals surface area (Å²) in [7, 11) is 0. The third-order valence-corrected chi connectivity index (χ3v) is 3.19. The molecule has 2 heteroatoms. The minimum Gasteiger partial charge on any atom is -0.328 e. The van der Waals surface area contributed by atoms with Gasteiger partial charge in [0, 0.05) is 6.04 Å². The molecule has 0 saturated heterocycles. The van der Waals surface area contributed by atoms with Crippen LogP contribution in [-0.2, 0) is 0 Å². The van der Waals surface area contributed by atoms with E-state index in [0.717, 1.165) is 12.3 Å². The van der Waals surface area contributed by atoms with Crippen LogP contribution in [0, 0.1) is 5.92 Å². The predicted octanol–water partition coefficient (Wildman–Crippen LogP) is 3.51. The van der Waals surface area contributed by atoms with Crippen LogP contribution in [0.4, 0.5) is 0 Å². The fraction of sp³-hybridized carbons (Fsp3) is 1.00. The maximum absolute atomic E-state index is 5.89. The topological polar surface area (TPSA) is 26.0 Å². The number of nitrogens with two attached hydrogens (primary N) is 1. The Bertz CT molecular complexity index is 111. The van der Waals surface area contributed by atoms with Crippen molar-refractivity contribution >= 4 is 12.4 Å². The molecule has 1 aliphatic carbocycles. The zero-order chi connectivity index (χ0) is 8.81. The summed E-state index contributed by atoms with van der Waals surface area (Å²) in [6.45, 7) is 2.19. The minimum absolute atomic E-state index is 0. The van der Waals surface area contributed by atoms with Crippen LogP contribution in [0.3, 0.4) is 0 Å². The van der Waals surface area contributed by atoms with Gasteiger partial charge in [-0.1, -0.05) is 39.0 Å². The molecule has 2 N–H and O–H groups in total. The van der Waals surface area contributed by atoms with E-state index in [1.165, 1.54) is 44.9 Å². The molecule has 13 heavy (non-hydrogen) atoms. The molecule has 0 aromatic heterocycles. The largest absolute Gasteiger partial charge is 0.328 e. The molecular weight excluding hydrogens is 182 g/mol. The standard InChI is InChI=1S/C11H23N.ClH/c1-2-11(12)9-8-10-6-4-3-5-7-10;/h10-11H,2-9,12H2,1H3;1H. The smallest absolute Gasteiger partial charge is 0.00363 e. The second-order valence-electron chi connectivity index (χ2n) is 4.25. The lowest BCUT2D eigenvalue weighted by Gasteiger charge is -2.22. The van der Waals surface area contributed by atoms with Crippen LogP contribution < -0.4 is 5.73 Å². The third-order valence-electron chi connectivity index (χ3n) is 3.19. The Morgan fingerprint density at radius 2 is 1.85 bits per heavy atom. The van der Waals surface area contributed by atoms with Crippen LogP contribution in [0.1, 0.15) is 58.3 Å². The van der Waals surface area contributed by atoms with Crippen molar-refractivity contribution < 1.29 is 0 Å². The Kier molecular flexibility index (Phi) is 7.78. The zero-order valence-corrected chi connectivity index (χ0v) is 9.61. The lowest BCUT2D eigenvalue weighted by atomic mass is 9.85. The average molecular weight is 206 g/mol. The number of halogens is 1. The summed E-state index contributed by atoms with van der Waals surface area (Å²) >= 11 is 0. The first kappa shape index (κ1) is 13.2. The first-order chi connectivity index (χ1) is 5.83. The average Bonchev–Trinajstić information content (AvgIpc) is 2.16. The Hall–Kier alpha value is 0.250. The van der Waals surface area contributed by atoms with Crippen LogP contribution in [0.25, 0.3) is 0 Å². The first-order valence-corrected chi connectivity index (χ1v) is 5.58. The SMILES string of the molecule is CCC(N)CCC1CCCCC1.Cl. The molecule has 0 amide bonds. The van der Waals surface area contributed by atoms with Crippen molar-refractivity contribution in [1.29, 1.82) is 0 Å².